The molecule has 0 atom stereocenters. The van der Waals surface area contributed by atoms with Crippen molar-refractivity contribution >= 4 is 51.6 Å². The zero-order valence-corrected chi connectivity index (χ0v) is 11.5. The van der Waals surface area contributed by atoms with E-state index in [2.05, 4.69) is 36.8 Å². The normalized spacial score (nSPS) is 12.1. The van der Waals surface area contributed by atoms with Crippen LogP contribution in [0.25, 0.3) is 0 Å². The smallest absolute Gasteiger partial charge is 0.247 e. The molecule has 84 valence electrons. The van der Waals surface area contributed by atoms with Gasteiger partial charge in [0.2, 0.25) is 0 Å². The van der Waals surface area contributed by atoms with E-state index in [1.54, 1.807) is 0 Å². The highest BCUT2D eigenvalue weighted by Crippen LogP contribution is 2.37. The molecule has 0 aromatic carbocycles. The van der Waals surface area contributed by atoms with E-state index in [0.717, 1.165) is 6.20 Å². The van der Waals surface area contributed by atoms with Crippen LogP contribution < -0.4 is 0 Å². The van der Waals surface area contributed by atoms with E-state index in [1.807, 2.05) is 0 Å². The summed E-state index contributed by atoms with van der Waals surface area (Å²) in [6.45, 7) is 0. The standard InChI is InChI=1S/C6H2Br2ClF2NO2S/c7-4-3(6(10)11)2(15(9,13)14)1-12-5(4)8/h1,6H. The molecule has 9 heteroatoms. The summed E-state index contributed by atoms with van der Waals surface area (Å²) >= 11 is 5.70. The predicted molar refractivity (Wildman–Crippen MR) is 57.6 cm³/mol. The lowest BCUT2D eigenvalue weighted by Gasteiger charge is -2.08. The highest BCUT2D eigenvalue weighted by molar-refractivity contribution is 9.13. The van der Waals surface area contributed by atoms with Gasteiger partial charge >= 0.3 is 0 Å². The molecular formula is C6H2Br2ClF2NO2S. The summed E-state index contributed by atoms with van der Waals surface area (Å²) in [5.74, 6) is 0. The lowest BCUT2D eigenvalue weighted by atomic mass is 10.3. The number of aromatic nitrogens is 1. The Bertz CT molecular complexity index is 494. The van der Waals surface area contributed by atoms with Gasteiger partial charge in [0.25, 0.3) is 15.5 Å². The van der Waals surface area contributed by atoms with Gasteiger partial charge in [0.1, 0.15) is 9.50 Å². The third-order valence-electron chi connectivity index (χ3n) is 1.46. The van der Waals surface area contributed by atoms with Gasteiger partial charge in [-0.25, -0.2) is 22.2 Å². The van der Waals surface area contributed by atoms with E-state index in [0.29, 0.717) is 0 Å². The van der Waals surface area contributed by atoms with Crippen molar-refractivity contribution in [3.05, 3.63) is 20.8 Å². The maximum Gasteiger partial charge on any atom is 0.266 e. The molecule has 0 aliphatic rings. The lowest BCUT2D eigenvalue weighted by molar-refractivity contribution is 0.147. The van der Waals surface area contributed by atoms with E-state index in [4.69, 9.17) is 10.7 Å². The van der Waals surface area contributed by atoms with Crippen molar-refractivity contribution in [1.29, 1.82) is 0 Å². The summed E-state index contributed by atoms with van der Waals surface area (Å²) in [7, 11) is 0.756. The van der Waals surface area contributed by atoms with Crippen LogP contribution in [0.3, 0.4) is 0 Å². The summed E-state index contributed by atoms with van der Waals surface area (Å²) in [6, 6.07) is 0. The third-order valence-corrected chi connectivity index (χ3v) is 4.74. The van der Waals surface area contributed by atoms with Gasteiger partial charge in [0, 0.05) is 16.9 Å². The minimum Gasteiger partial charge on any atom is -0.247 e. The van der Waals surface area contributed by atoms with Gasteiger partial charge in [0.05, 0.1) is 10.0 Å². The highest BCUT2D eigenvalue weighted by atomic mass is 79.9. The number of rotatable bonds is 2. The van der Waals surface area contributed by atoms with Crippen LogP contribution in [-0.2, 0) is 9.05 Å². The van der Waals surface area contributed by atoms with E-state index in [1.165, 1.54) is 0 Å². The molecule has 0 aliphatic heterocycles. The van der Waals surface area contributed by atoms with Crippen LogP contribution in [-0.4, -0.2) is 13.4 Å². The van der Waals surface area contributed by atoms with E-state index >= 15 is 0 Å². The van der Waals surface area contributed by atoms with Crippen molar-refractivity contribution in [2.24, 2.45) is 0 Å². The Hall–Kier alpha value is 0.210. The van der Waals surface area contributed by atoms with Crippen molar-refractivity contribution in [3.63, 3.8) is 0 Å². The summed E-state index contributed by atoms with van der Waals surface area (Å²) in [5.41, 5.74) is -0.702. The summed E-state index contributed by atoms with van der Waals surface area (Å²) in [5, 5.41) is 0. The highest BCUT2D eigenvalue weighted by Gasteiger charge is 2.26. The van der Waals surface area contributed by atoms with Gasteiger partial charge in [0.15, 0.2) is 0 Å². The van der Waals surface area contributed by atoms with Gasteiger partial charge < -0.3 is 0 Å². The maximum atomic E-state index is 12.6. The minimum absolute atomic E-state index is 0.0851. The van der Waals surface area contributed by atoms with Gasteiger partial charge in [-0.2, -0.15) is 0 Å². The van der Waals surface area contributed by atoms with Crippen molar-refractivity contribution in [3.8, 4) is 0 Å². The first-order chi connectivity index (χ1) is 6.75. The Balaban J connectivity index is 3.62. The minimum atomic E-state index is -4.24. The molecule has 15 heavy (non-hydrogen) atoms. The molecule has 0 N–H and O–H groups in total. The number of halogens is 5. The Labute approximate surface area is 106 Å². The van der Waals surface area contributed by atoms with Gasteiger partial charge in [-0.1, -0.05) is 0 Å². The third kappa shape index (κ3) is 2.86. The zero-order valence-electron chi connectivity index (χ0n) is 6.72. The second-order valence-electron chi connectivity index (χ2n) is 2.38. The van der Waals surface area contributed by atoms with Crippen molar-refractivity contribution in [2.45, 2.75) is 11.3 Å². The summed E-state index contributed by atoms with van der Waals surface area (Å²) < 4.78 is 47.1. The molecule has 0 unspecified atom stereocenters. The Morgan fingerprint density at radius 2 is 1.93 bits per heavy atom. The fourth-order valence-corrected chi connectivity index (χ4v) is 2.80. The largest absolute Gasteiger partial charge is 0.266 e. The molecular weight excluding hydrogens is 383 g/mol. The lowest BCUT2D eigenvalue weighted by Crippen LogP contribution is -2.02. The number of pyridine rings is 1. The average molecular weight is 385 g/mol. The van der Waals surface area contributed by atoms with E-state index < -0.39 is 25.9 Å². The average Bonchev–Trinajstić information content (AvgIpc) is 2.06. The molecule has 3 nitrogen and oxygen atoms in total. The quantitative estimate of drug-likeness (QED) is 0.579. The number of alkyl halides is 2. The van der Waals surface area contributed by atoms with E-state index in [9.17, 15) is 17.2 Å². The van der Waals surface area contributed by atoms with Crippen LogP contribution in [0.2, 0.25) is 0 Å². The zero-order chi connectivity index (χ0) is 11.8. The predicted octanol–water partition coefficient (Wildman–Crippen LogP) is 3.47. The molecule has 0 fully saturated rings. The maximum absolute atomic E-state index is 12.6. The number of hydrogen-bond donors (Lipinski definition) is 0. The fraction of sp³-hybridized carbons (Fsp3) is 0.167. The van der Waals surface area contributed by atoms with Gasteiger partial charge in [-0.05, 0) is 31.9 Å². The topological polar surface area (TPSA) is 47.0 Å². The first-order valence-electron chi connectivity index (χ1n) is 3.32. The van der Waals surface area contributed by atoms with Gasteiger partial charge in [-0.15, -0.1) is 0 Å². The molecule has 1 rings (SSSR count). The van der Waals surface area contributed by atoms with Crippen LogP contribution in [0.1, 0.15) is 12.0 Å². The first kappa shape index (κ1) is 13.3. The van der Waals surface area contributed by atoms with E-state index in [-0.39, 0.29) is 9.08 Å². The Morgan fingerprint density at radius 1 is 1.40 bits per heavy atom. The second kappa shape index (κ2) is 4.60. The van der Waals surface area contributed by atoms with Crippen LogP contribution in [0, 0.1) is 0 Å². The molecule has 0 saturated carbocycles. The Kier molecular flexibility index (Phi) is 4.07. The second-order valence-corrected chi connectivity index (χ2v) is 6.46. The summed E-state index contributed by atoms with van der Waals surface area (Å²) in [4.78, 5) is 2.86. The molecule has 0 spiro atoms. The van der Waals surface area contributed by atoms with Crippen LogP contribution >= 0.6 is 42.5 Å². The molecule has 1 aromatic rings. The fourth-order valence-electron chi connectivity index (χ4n) is 0.858. The van der Waals surface area contributed by atoms with Crippen molar-refractivity contribution < 1.29 is 17.2 Å². The Morgan fingerprint density at radius 3 is 2.33 bits per heavy atom. The molecule has 0 bridgehead atoms. The SMILES string of the molecule is O=S(=O)(Cl)c1cnc(Br)c(Br)c1C(F)F. The molecule has 1 aromatic heterocycles. The van der Waals surface area contributed by atoms with Crippen molar-refractivity contribution in [1.82, 2.24) is 4.98 Å². The number of hydrogen-bond acceptors (Lipinski definition) is 3. The number of nitrogens with zero attached hydrogens (tertiary/aromatic N) is 1. The molecule has 1 heterocycles. The monoisotopic (exact) mass is 383 g/mol. The van der Waals surface area contributed by atoms with Crippen LogP contribution in [0.15, 0.2) is 20.2 Å². The van der Waals surface area contributed by atoms with Crippen molar-refractivity contribution in [2.75, 3.05) is 0 Å². The molecule has 0 aliphatic carbocycles. The molecule has 0 saturated heterocycles. The molecule has 0 radical (unpaired) electrons. The van der Waals surface area contributed by atoms with Crippen LogP contribution in [0.5, 0.6) is 0 Å². The van der Waals surface area contributed by atoms with Crippen LogP contribution in [0.4, 0.5) is 8.78 Å². The first-order valence-corrected chi connectivity index (χ1v) is 7.21. The van der Waals surface area contributed by atoms with Gasteiger partial charge in [-0.3, -0.25) is 0 Å². The summed E-state index contributed by atoms with van der Waals surface area (Å²) in [6.07, 6.45) is -2.19. The molecule has 0 amide bonds.